The fraction of sp³-hybridized carbons (Fsp3) is 0.250. The highest BCUT2D eigenvalue weighted by Gasteiger charge is 2.26. The molecule has 1 aliphatic rings. The van der Waals surface area contributed by atoms with Crippen LogP contribution in [0.15, 0.2) is 18.2 Å². The molecule has 0 bridgehead atoms. The lowest BCUT2D eigenvalue weighted by atomic mass is 10.1. The third kappa shape index (κ3) is 1.76. The maximum Gasteiger partial charge on any atom is 0.0860 e. The van der Waals surface area contributed by atoms with Crippen molar-refractivity contribution in [3.8, 4) is 0 Å². The lowest BCUT2D eigenvalue weighted by molar-refractivity contribution is 1.04. The Morgan fingerprint density at radius 2 is 2.06 bits per heavy atom. The number of fused-ring (bicyclic) bond motifs is 1. The summed E-state index contributed by atoms with van der Waals surface area (Å²) in [5.74, 6) is 0.623. The third-order valence-electron chi connectivity index (χ3n) is 2.88. The van der Waals surface area contributed by atoms with Gasteiger partial charge in [-0.2, -0.15) is 0 Å². The van der Waals surface area contributed by atoms with Crippen LogP contribution < -0.4 is 5.73 Å². The molecule has 2 aromatic rings. The van der Waals surface area contributed by atoms with Crippen molar-refractivity contribution in [2.24, 2.45) is 0 Å². The Balaban J connectivity index is 2.32. The van der Waals surface area contributed by atoms with Gasteiger partial charge in [0.15, 0.2) is 0 Å². The van der Waals surface area contributed by atoms with Crippen molar-refractivity contribution < 1.29 is 0 Å². The van der Waals surface area contributed by atoms with Gasteiger partial charge < -0.3 is 5.73 Å². The summed E-state index contributed by atoms with van der Waals surface area (Å²) in [7, 11) is 0. The van der Waals surface area contributed by atoms with E-state index in [2.05, 4.69) is 22.6 Å². The Labute approximate surface area is 112 Å². The Kier molecular flexibility index (Phi) is 2.47. The van der Waals surface area contributed by atoms with Gasteiger partial charge in [0, 0.05) is 31.3 Å². The summed E-state index contributed by atoms with van der Waals surface area (Å²) >= 11 is 8.28. The van der Waals surface area contributed by atoms with Crippen LogP contribution in [-0.4, -0.2) is 4.98 Å². The molecule has 1 fully saturated rings. The largest absolute Gasteiger partial charge is 0.398 e. The van der Waals surface area contributed by atoms with Crippen LogP contribution in [0.25, 0.3) is 10.9 Å². The predicted molar refractivity (Wildman–Crippen MR) is 75.9 cm³/mol. The molecule has 82 valence electrons. The van der Waals surface area contributed by atoms with Gasteiger partial charge >= 0.3 is 0 Å². The molecule has 16 heavy (non-hydrogen) atoms. The first-order valence-corrected chi connectivity index (χ1v) is 6.66. The van der Waals surface area contributed by atoms with Gasteiger partial charge in [-0.05, 0) is 53.6 Å². The molecule has 2 N–H and O–H groups in total. The predicted octanol–water partition coefficient (Wildman–Crippen LogP) is 3.95. The second kappa shape index (κ2) is 3.74. The van der Waals surface area contributed by atoms with Crippen LogP contribution in [0.5, 0.6) is 0 Å². The zero-order valence-electron chi connectivity index (χ0n) is 8.50. The van der Waals surface area contributed by atoms with Crippen LogP contribution in [0.2, 0.25) is 5.02 Å². The van der Waals surface area contributed by atoms with Crippen molar-refractivity contribution in [2.75, 3.05) is 5.73 Å². The van der Waals surface area contributed by atoms with Crippen molar-refractivity contribution in [2.45, 2.75) is 18.8 Å². The second-order valence-corrected chi connectivity index (χ2v) is 5.79. The molecule has 1 heterocycles. The van der Waals surface area contributed by atoms with Gasteiger partial charge in [-0.3, -0.25) is 4.98 Å². The number of halogens is 2. The van der Waals surface area contributed by atoms with E-state index in [4.69, 9.17) is 22.3 Å². The average Bonchev–Trinajstić information content (AvgIpc) is 3.02. The van der Waals surface area contributed by atoms with Crippen molar-refractivity contribution in [3.63, 3.8) is 0 Å². The molecule has 0 spiro atoms. The van der Waals surface area contributed by atoms with Gasteiger partial charge in [0.05, 0.1) is 5.52 Å². The first kappa shape index (κ1) is 10.6. The molecular weight excluding hydrogens is 335 g/mol. The Morgan fingerprint density at radius 1 is 1.31 bits per heavy atom. The summed E-state index contributed by atoms with van der Waals surface area (Å²) in [5.41, 5.74) is 8.95. The number of rotatable bonds is 1. The normalized spacial score (nSPS) is 15.6. The minimum absolute atomic E-state index is 0.623. The summed E-state index contributed by atoms with van der Waals surface area (Å²) in [6, 6.07) is 5.80. The van der Waals surface area contributed by atoms with Gasteiger partial charge in [0.1, 0.15) is 0 Å². The van der Waals surface area contributed by atoms with E-state index in [1.807, 2.05) is 18.2 Å². The molecule has 1 aromatic carbocycles. The molecule has 0 radical (unpaired) electrons. The summed E-state index contributed by atoms with van der Waals surface area (Å²) in [6.45, 7) is 0. The van der Waals surface area contributed by atoms with E-state index in [0.717, 1.165) is 25.9 Å². The Morgan fingerprint density at radius 3 is 2.75 bits per heavy atom. The SMILES string of the molecule is Nc1cc(C2CC2)nc2c(I)cc(Cl)cc12. The first-order valence-electron chi connectivity index (χ1n) is 5.20. The third-order valence-corrected chi connectivity index (χ3v) is 3.92. The van der Waals surface area contributed by atoms with Crippen molar-refractivity contribution in [3.05, 3.63) is 32.5 Å². The molecule has 0 unspecified atom stereocenters. The van der Waals surface area contributed by atoms with Gasteiger partial charge in [0.2, 0.25) is 0 Å². The van der Waals surface area contributed by atoms with Crippen LogP contribution in [0.3, 0.4) is 0 Å². The van der Waals surface area contributed by atoms with Gasteiger partial charge in [0.25, 0.3) is 0 Å². The fourth-order valence-corrected chi connectivity index (χ4v) is 3.04. The number of nitrogen functional groups attached to an aromatic ring is 1. The molecule has 0 amide bonds. The number of nitrogens with zero attached hydrogens (tertiary/aromatic N) is 1. The maximum atomic E-state index is 6.06. The number of aromatic nitrogens is 1. The second-order valence-electron chi connectivity index (χ2n) is 4.19. The van der Waals surface area contributed by atoms with Crippen LogP contribution in [0.4, 0.5) is 5.69 Å². The Bertz CT molecular complexity index is 579. The van der Waals surface area contributed by atoms with Crippen molar-refractivity contribution in [1.29, 1.82) is 0 Å². The molecule has 1 saturated carbocycles. The maximum absolute atomic E-state index is 6.06. The standard InChI is InChI=1S/C12H10ClIN2/c13-7-3-8-10(15)5-11(6-1-2-6)16-12(8)9(14)4-7/h3-6H,1-2H2,(H2,15,16). The topological polar surface area (TPSA) is 38.9 Å². The number of pyridine rings is 1. The molecule has 0 saturated heterocycles. The molecule has 1 aliphatic carbocycles. The molecular formula is C12H10ClIN2. The number of hydrogen-bond acceptors (Lipinski definition) is 2. The molecule has 2 nitrogen and oxygen atoms in total. The summed E-state index contributed by atoms with van der Waals surface area (Å²) in [5, 5.41) is 1.67. The smallest absolute Gasteiger partial charge is 0.0860 e. The van der Waals surface area contributed by atoms with Gasteiger partial charge in [-0.25, -0.2) is 0 Å². The molecule has 0 atom stereocenters. The monoisotopic (exact) mass is 344 g/mol. The van der Waals surface area contributed by atoms with Crippen LogP contribution >= 0.6 is 34.2 Å². The summed E-state index contributed by atoms with van der Waals surface area (Å²) in [4.78, 5) is 4.69. The molecule has 1 aromatic heterocycles. The average molecular weight is 345 g/mol. The van der Waals surface area contributed by atoms with E-state index in [1.165, 1.54) is 12.8 Å². The minimum atomic E-state index is 0.623. The van der Waals surface area contributed by atoms with E-state index in [1.54, 1.807) is 0 Å². The highest BCUT2D eigenvalue weighted by atomic mass is 127. The summed E-state index contributed by atoms with van der Waals surface area (Å²) < 4.78 is 1.06. The minimum Gasteiger partial charge on any atom is -0.398 e. The lowest BCUT2D eigenvalue weighted by Gasteiger charge is -2.07. The first-order chi connectivity index (χ1) is 7.65. The Hall–Kier alpha value is -0.550. The summed E-state index contributed by atoms with van der Waals surface area (Å²) in [6.07, 6.45) is 2.48. The van der Waals surface area contributed by atoms with Crippen LogP contribution in [0.1, 0.15) is 24.5 Å². The number of nitrogens with two attached hydrogens (primary N) is 1. The van der Waals surface area contributed by atoms with E-state index in [9.17, 15) is 0 Å². The van der Waals surface area contributed by atoms with E-state index in [-0.39, 0.29) is 0 Å². The molecule has 0 aliphatic heterocycles. The molecule has 4 heteroatoms. The highest BCUT2D eigenvalue weighted by molar-refractivity contribution is 14.1. The van der Waals surface area contributed by atoms with E-state index >= 15 is 0 Å². The lowest BCUT2D eigenvalue weighted by Crippen LogP contribution is -1.96. The number of benzene rings is 1. The highest BCUT2D eigenvalue weighted by Crippen LogP contribution is 2.41. The fourth-order valence-electron chi connectivity index (χ4n) is 1.89. The van der Waals surface area contributed by atoms with E-state index < -0.39 is 0 Å². The zero-order valence-corrected chi connectivity index (χ0v) is 11.4. The van der Waals surface area contributed by atoms with Gasteiger partial charge in [-0.15, -0.1) is 0 Å². The van der Waals surface area contributed by atoms with Crippen LogP contribution in [-0.2, 0) is 0 Å². The zero-order chi connectivity index (χ0) is 11.3. The van der Waals surface area contributed by atoms with Gasteiger partial charge in [-0.1, -0.05) is 11.6 Å². The van der Waals surface area contributed by atoms with Crippen molar-refractivity contribution >= 4 is 50.8 Å². The quantitative estimate of drug-likeness (QED) is 0.796. The molecule has 3 rings (SSSR count). The van der Waals surface area contributed by atoms with E-state index in [0.29, 0.717) is 10.9 Å². The van der Waals surface area contributed by atoms with Crippen molar-refractivity contribution in [1.82, 2.24) is 4.98 Å². The van der Waals surface area contributed by atoms with Crippen LogP contribution in [0, 0.1) is 3.57 Å². The number of hydrogen-bond donors (Lipinski definition) is 1. The number of anilines is 1.